The van der Waals surface area contributed by atoms with Crippen molar-refractivity contribution in [3.05, 3.63) is 65.7 Å². The lowest BCUT2D eigenvalue weighted by molar-refractivity contribution is -0.142. The second kappa shape index (κ2) is 6.49. The summed E-state index contributed by atoms with van der Waals surface area (Å²) in [7, 11) is 1.22. The predicted molar refractivity (Wildman–Crippen MR) is 90.1 cm³/mol. The number of hydrogen-bond acceptors (Lipinski definition) is 5. The molecule has 2 aromatic rings. The maximum atomic E-state index is 12.8. The Morgan fingerprint density at radius 2 is 1.72 bits per heavy atom. The number of para-hydroxylation sites is 1. The van der Waals surface area contributed by atoms with Gasteiger partial charge in [0.1, 0.15) is 6.54 Å². The van der Waals surface area contributed by atoms with Crippen molar-refractivity contribution in [3.8, 4) is 0 Å². The van der Waals surface area contributed by atoms with Gasteiger partial charge in [-0.3, -0.25) is 19.3 Å². The van der Waals surface area contributed by atoms with Crippen LogP contribution in [0.1, 0.15) is 22.3 Å². The molecule has 3 rings (SSSR count). The molecule has 1 aliphatic heterocycles. The van der Waals surface area contributed by atoms with Gasteiger partial charge in [-0.15, -0.1) is 0 Å². The first kappa shape index (κ1) is 16.9. The number of esters is 1. The minimum atomic E-state index is -2.00. The highest BCUT2D eigenvalue weighted by atomic mass is 16.5. The van der Waals surface area contributed by atoms with Crippen molar-refractivity contribution in [3.63, 3.8) is 0 Å². The number of aliphatic hydroxyl groups is 1. The first-order chi connectivity index (χ1) is 12.0. The van der Waals surface area contributed by atoms with E-state index in [1.165, 1.54) is 7.11 Å². The fourth-order valence-electron chi connectivity index (χ4n) is 2.99. The minimum Gasteiger partial charge on any atom is -0.468 e. The van der Waals surface area contributed by atoms with E-state index in [1.807, 2.05) is 0 Å². The fourth-order valence-corrected chi connectivity index (χ4v) is 2.99. The average molecular weight is 339 g/mol. The molecule has 6 heteroatoms. The summed E-state index contributed by atoms with van der Waals surface area (Å²) in [5.74, 6) is -1.67. The molecule has 0 fully saturated rings. The maximum Gasteiger partial charge on any atom is 0.325 e. The van der Waals surface area contributed by atoms with Crippen molar-refractivity contribution in [1.82, 2.24) is 0 Å². The van der Waals surface area contributed by atoms with Gasteiger partial charge < -0.3 is 9.84 Å². The van der Waals surface area contributed by atoms with Crippen molar-refractivity contribution >= 4 is 23.3 Å². The van der Waals surface area contributed by atoms with Gasteiger partial charge in [0.25, 0.3) is 5.91 Å². The Morgan fingerprint density at radius 3 is 2.40 bits per heavy atom. The van der Waals surface area contributed by atoms with Crippen LogP contribution < -0.4 is 4.90 Å². The molecular weight excluding hydrogens is 322 g/mol. The Hall–Kier alpha value is -2.99. The molecule has 0 radical (unpaired) electrons. The molecule has 0 aliphatic carbocycles. The molecule has 0 unspecified atom stereocenters. The quantitative estimate of drug-likeness (QED) is 0.662. The molecule has 6 nitrogen and oxygen atoms in total. The van der Waals surface area contributed by atoms with Gasteiger partial charge in [-0.1, -0.05) is 48.5 Å². The summed E-state index contributed by atoms with van der Waals surface area (Å²) in [6, 6.07) is 15.0. The number of anilines is 1. The van der Waals surface area contributed by atoms with Crippen LogP contribution in [0.2, 0.25) is 0 Å². The lowest BCUT2D eigenvalue weighted by Gasteiger charge is -2.22. The molecule has 25 heavy (non-hydrogen) atoms. The number of carbonyl (C=O) groups is 3. The van der Waals surface area contributed by atoms with Gasteiger partial charge in [-0.05, 0) is 6.07 Å². The third kappa shape index (κ3) is 2.92. The van der Waals surface area contributed by atoms with Gasteiger partial charge in [-0.25, -0.2) is 0 Å². The standard InChI is InChI=1S/C19H17NO5/c1-25-17(22)12-20-15-10-6-5-9-14(15)19(24,18(20)23)11-16(21)13-7-3-2-4-8-13/h2-10,24H,11-12H2,1H3/t19-/m1/s1. The van der Waals surface area contributed by atoms with E-state index < -0.39 is 23.9 Å². The minimum absolute atomic E-state index is 0.313. The summed E-state index contributed by atoms with van der Waals surface area (Å²) in [5, 5.41) is 11.0. The highest BCUT2D eigenvalue weighted by Gasteiger charge is 2.51. The van der Waals surface area contributed by atoms with Gasteiger partial charge in [0.15, 0.2) is 11.4 Å². The second-order valence-electron chi connectivity index (χ2n) is 5.81. The van der Waals surface area contributed by atoms with Crippen molar-refractivity contribution < 1.29 is 24.2 Å². The molecule has 1 N–H and O–H groups in total. The van der Waals surface area contributed by atoms with E-state index in [0.717, 1.165) is 4.90 Å². The molecule has 1 heterocycles. The summed E-state index contributed by atoms with van der Waals surface area (Å²) in [4.78, 5) is 38.1. The third-order valence-electron chi connectivity index (χ3n) is 4.27. The number of ketones is 1. The van der Waals surface area contributed by atoms with Gasteiger partial charge >= 0.3 is 5.97 Å². The molecule has 1 aliphatic rings. The summed E-state index contributed by atoms with van der Waals surface area (Å²) in [6.45, 7) is -0.325. The first-order valence-corrected chi connectivity index (χ1v) is 7.76. The maximum absolute atomic E-state index is 12.8. The number of ether oxygens (including phenoxy) is 1. The SMILES string of the molecule is COC(=O)CN1C(=O)[C@@](O)(CC(=O)c2ccccc2)c2ccccc21. The van der Waals surface area contributed by atoms with Gasteiger partial charge in [0, 0.05) is 11.1 Å². The summed E-state index contributed by atoms with van der Waals surface area (Å²) in [5.41, 5.74) is -0.876. The van der Waals surface area contributed by atoms with E-state index in [0.29, 0.717) is 16.8 Å². The van der Waals surface area contributed by atoms with Crippen molar-refractivity contribution in [2.45, 2.75) is 12.0 Å². The lowest BCUT2D eigenvalue weighted by atomic mass is 9.88. The second-order valence-corrected chi connectivity index (χ2v) is 5.81. The van der Waals surface area contributed by atoms with Crippen LogP contribution >= 0.6 is 0 Å². The van der Waals surface area contributed by atoms with E-state index in [-0.39, 0.29) is 12.3 Å². The Morgan fingerprint density at radius 1 is 1.08 bits per heavy atom. The number of rotatable bonds is 5. The zero-order valence-electron chi connectivity index (χ0n) is 13.6. The van der Waals surface area contributed by atoms with Crippen molar-refractivity contribution in [1.29, 1.82) is 0 Å². The van der Waals surface area contributed by atoms with E-state index in [2.05, 4.69) is 4.74 Å². The fraction of sp³-hybridized carbons (Fsp3) is 0.211. The van der Waals surface area contributed by atoms with E-state index >= 15 is 0 Å². The summed E-state index contributed by atoms with van der Waals surface area (Å²) in [6.07, 6.45) is -0.398. The molecule has 128 valence electrons. The summed E-state index contributed by atoms with van der Waals surface area (Å²) < 4.78 is 4.61. The van der Waals surface area contributed by atoms with Crippen LogP contribution in [0, 0.1) is 0 Å². The Kier molecular flexibility index (Phi) is 4.37. The molecule has 0 aromatic heterocycles. The van der Waals surface area contributed by atoms with Crippen LogP contribution in [-0.4, -0.2) is 36.4 Å². The number of hydrogen-bond donors (Lipinski definition) is 1. The molecule has 0 bridgehead atoms. The molecule has 0 saturated carbocycles. The Bertz CT molecular complexity index is 833. The van der Waals surface area contributed by atoms with Crippen molar-refractivity contribution in [2.75, 3.05) is 18.6 Å². The molecule has 1 atom stereocenters. The normalized spacial score (nSPS) is 18.8. The molecule has 0 saturated heterocycles. The van der Waals surface area contributed by atoms with Gasteiger partial charge in [-0.2, -0.15) is 0 Å². The molecule has 1 amide bonds. The third-order valence-corrected chi connectivity index (χ3v) is 4.27. The highest BCUT2D eigenvalue weighted by Crippen LogP contribution is 2.42. The predicted octanol–water partition coefficient (Wildman–Crippen LogP) is 1.67. The Labute approximate surface area is 144 Å². The van der Waals surface area contributed by atoms with Crippen molar-refractivity contribution in [2.24, 2.45) is 0 Å². The molecule has 0 spiro atoms. The number of Topliss-reactive ketones (excluding diaryl/α,β-unsaturated/α-hetero) is 1. The molecular formula is C19H17NO5. The van der Waals surface area contributed by atoms with Gasteiger partial charge in [0.2, 0.25) is 0 Å². The Balaban J connectivity index is 1.96. The van der Waals surface area contributed by atoms with E-state index in [1.54, 1.807) is 54.6 Å². The zero-order chi connectivity index (χ0) is 18.0. The van der Waals surface area contributed by atoms with Crippen LogP contribution in [-0.2, 0) is 19.9 Å². The number of methoxy groups -OCH3 is 1. The van der Waals surface area contributed by atoms with Crippen LogP contribution in [0.25, 0.3) is 0 Å². The van der Waals surface area contributed by atoms with Crippen LogP contribution in [0.15, 0.2) is 54.6 Å². The van der Waals surface area contributed by atoms with E-state index in [9.17, 15) is 19.5 Å². The monoisotopic (exact) mass is 339 g/mol. The topological polar surface area (TPSA) is 83.9 Å². The number of amides is 1. The van der Waals surface area contributed by atoms with Crippen LogP contribution in [0.4, 0.5) is 5.69 Å². The molecule has 2 aromatic carbocycles. The smallest absolute Gasteiger partial charge is 0.325 e. The zero-order valence-corrected chi connectivity index (χ0v) is 13.6. The number of carbonyl (C=O) groups excluding carboxylic acids is 3. The van der Waals surface area contributed by atoms with Gasteiger partial charge in [0.05, 0.1) is 19.2 Å². The summed E-state index contributed by atoms with van der Waals surface area (Å²) >= 11 is 0. The number of nitrogens with zero attached hydrogens (tertiary/aromatic N) is 1. The largest absolute Gasteiger partial charge is 0.468 e. The van der Waals surface area contributed by atoms with Crippen LogP contribution in [0.3, 0.4) is 0 Å². The van der Waals surface area contributed by atoms with E-state index in [4.69, 9.17) is 0 Å². The first-order valence-electron chi connectivity index (χ1n) is 7.76. The highest BCUT2D eigenvalue weighted by molar-refractivity contribution is 6.12. The average Bonchev–Trinajstić information content (AvgIpc) is 2.84. The van der Waals surface area contributed by atoms with Crippen LogP contribution in [0.5, 0.6) is 0 Å². The number of benzene rings is 2. The number of fused-ring (bicyclic) bond motifs is 1. The lowest BCUT2D eigenvalue weighted by Crippen LogP contribution is -2.43.